The maximum Gasteiger partial charge on any atom is 0.0722 e. The lowest BCUT2D eigenvalue weighted by Crippen LogP contribution is -2.42. The van der Waals surface area contributed by atoms with Crippen LogP contribution in [0.15, 0.2) is 108 Å². The minimum atomic E-state index is -1.93. The summed E-state index contributed by atoms with van der Waals surface area (Å²) in [4.78, 5) is 0. The van der Waals surface area contributed by atoms with Crippen molar-refractivity contribution in [1.82, 2.24) is 0 Å². The molecule has 35 heavy (non-hydrogen) atoms. The second-order valence-electron chi connectivity index (χ2n) is 10.8. The van der Waals surface area contributed by atoms with Crippen molar-refractivity contribution in [1.29, 1.82) is 0 Å². The summed E-state index contributed by atoms with van der Waals surface area (Å²) >= 11 is 0. The van der Waals surface area contributed by atoms with E-state index in [1.165, 1.54) is 44.5 Å². The summed E-state index contributed by atoms with van der Waals surface area (Å²) < 4.78 is 0. The smallest absolute Gasteiger partial charge is 0.0679 e. The van der Waals surface area contributed by atoms with Gasteiger partial charge in [0.15, 0.2) is 0 Å². The molecule has 1 heteroatoms. The van der Waals surface area contributed by atoms with Gasteiger partial charge < -0.3 is 0 Å². The number of fused-ring (bicyclic) bond motifs is 2. The summed E-state index contributed by atoms with van der Waals surface area (Å²) in [5, 5.41) is 0. The lowest BCUT2D eigenvalue weighted by atomic mass is 9.95. The molecule has 4 aromatic rings. The average molecular weight is 469 g/mol. The van der Waals surface area contributed by atoms with Gasteiger partial charge in [-0.05, 0) is 58.4 Å². The number of rotatable bonds is 4. The molecule has 0 radical (unpaired) electrons. The Morgan fingerprint density at radius 1 is 0.486 bits per heavy atom. The van der Waals surface area contributed by atoms with E-state index in [-0.39, 0.29) is 0 Å². The molecule has 0 bridgehead atoms. The summed E-state index contributed by atoms with van der Waals surface area (Å²) in [6.07, 6.45) is 4.92. The molecule has 0 nitrogen and oxygen atoms in total. The number of benzene rings is 4. The topological polar surface area (TPSA) is 0 Å². The molecule has 2 aliphatic rings. The van der Waals surface area contributed by atoms with Crippen LogP contribution in [-0.2, 0) is 0 Å². The van der Waals surface area contributed by atoms with Gasteiger partial charge in [-0.2, -0.15) is 0 Å². The predicted molar refractivity (Wildman–Crippen MR) is 154 cm³/mol. The first-order chi connectivity index (χ1) is 17.0. The highest BCUT2D eigenvalue weighted by Crippen LogP contribution is 2.55. The summed E-state index contributed by atoms with van der Waals surface area (Å²) in [7, 11) is -1.93. The molecule has 0 fully saturated rings. The molecule has 0 heterocycles. The van der Waals surface area contributed by atoms with Crippen molar-refractivity contribution in [3.8, 4) is 22.3 Å². The zero-order valence-corrected chi connectivity index (χ0v) is 22.0. The van der Waals surface area contributed by atoms with Crippen LogP contribution in [-0.4, -0.2) is 8.07 Å². The number of hydrogen-bond acceptors (Lipinski definition) is 0. The van der Waals surface area contributed by atoms with E-state index >= 15 is 0 Å². The van der Waals surface area contributed by atoms with E-state index in [1.807, 2.05) is 0 Å². The summed E-state index contributed by atoms with van der Waals surface area (Å²) in [5.41, 5.74) is 15.4. The maximum atomic E-state index is 2.63. The van der Waals surface area contributed by atoms with Crippen molar-refractivity contribution in [3.63, 3.8) is 0 Å². The molecule has 2 unspecified atom stereocenters. The molecular weight excluding hydrogens is 436 g/mol. The summed E-state index contributed by atoms with van der Waals surface area (Å²) in [6.45, 7) is 9.99. The van der Waals surface area contributed by atoms with E-state index in [0.717, 1.165) is 0 Å². The monoisotopic (exact) mass is 468 g/mol. The summed E-state index contributed by atoms with van der Waals surface area (Å²) in [5.74, 6) is 0. The van der Waals surface area contributed by atoms with Crippen molar-refractivity contribution in [2.24, 2.45) is 0 Å². The zero-order chi connectivity index (χ0) is 24.2. The largest absolute Gasteiger partial charge is 0.0722 e. The summed E-state index contributed by atoms with van der Waals surface area (Å²) in [6, 6.07) is 35.7. The highest BCUT2D eigenvalue weighted by atomic mass is 28.3. The minimum absolute atomic E-state index is 0.483. The fraction of sp³-hybridized carbons (Fsp3) is 0.176. The van der Waals surface area contributed by atoms with Gasteiger partial charge in [-0.25, -0.2) is 0 Å². The Bertz CT molecular complexity index is 1360. The van der Waals surface area contributed by atoms with Gasteiger partial charge in [0.2, 0.25) is 0 Å². The third kappa shape index (κ3) is 3.49. The minimum Gasteiger partial charge on any atom is -0.0679 e. The van der Waals surface area contributed by atoms with Crippen LogP contribution in [0, 0.1) is 0 Å². The average Bonchev–Trinajstić information content (AvgIpc) is 3.41. The quantitative estimate of drug-likeness (QED) is 0.262. The van der Waals surface area contributed by atoms with Crippen LogP contribution in [0.4, 0.5) is 0 Å². The Kier molecular flexibility index (Phi) is 5.27. The van der Waals surface area contributed by atoms with E-state index in [1.54, 1.807) is 11.1 Å². The van der Waals surface area contributed by atoms with Gasteiger partial charge in [0.25, 0.3) is 0 Å². The maximum absolute atomic E-state index is 2.63. The Morgan fingerprint density at radius 2 is 0.886 bits per heavy atom. The van der Waals surface area contributed by atoms with Crippen molar-refractivity contribution in [3.05, 3.63) is 130 Å². The molecule has 0 saturated heterocycles. The molecule has 172 valence electrons. The van der Waals surface area contributed by atoms with E-state index in [2.05, 4.69) is 136 Å². The Hall–Kier alpha value is -3.42. The fourth-order valence-electron chi connectivity index (χ4n) is 7.00. The third-order valence-corrected chi connectivity index (χ3v) is 12.7. The first-order valence-electron chi connectivity index (χ1n) is 12.7. The Morgan fingerprint density at radius 3 is 1.29 bits per heavy atom. The van der Waals surface area contributed by atoms with Crippen LogP contribution in [0.5, 0.6) is 0 Å². The predicted octanol–water partition coefficient (Wildman–Crippen LogP) is 9.51. The second-order valence-corrected chi connectivity index (χ2v) is 15.6. The SMILES string of the molecule is CC1=Cc2cccc(-c3ccccc3)c2C1[Si](C)(C)C1C(C)=Cc2cccc(-c3ccccc3)c21. The number of hydrogen-bond donors (Lipinski definition) is 0. The molecule has 0 N–H and O–H groups in total. The molecule has 2 aliphatic carbocycles. The first-order valence-corrected chi connectivity index (χ1v) is 15.9. The number of allylic oxidation sites excluding steroid dienone is 2. The Labute approximate surface area is 210 Å². The van der Waals surface area contributed by atoms with E-state index < -0.39 is 8.07 Å². The van der Waals surface area contributed by atoms with Crippen LogP contribution in [0.1, 0.15) is 47.2 Å². The van der Waals surface area contributed by atoms with Crippen molar-refractivity contribution in [2.75, 3.05) is 0 Å². The van der Waals surface area contributed by atoms with Gasteiger partial charge >= 0.3 is 0 Å². The van der Waals surface area contributed by atoms with Crippen molar-refractivity contribution in [2.45, 2.75) is 38.0 Å². The molecule has 6 rings (SSSR count). The normalized spacial score (nSPS) is 18.6. The fourth-order valence-corrected chi connectivity index (χ4v) is 12.0. The van der Waals surface area contributed by atoms with Crippen molar-refractivity contribution >= 4 is 20.2 Å². The molecule has 0 amide bonds. The molecular formula is C34H32Si. The van der Waals surface area contributed by atoms with Crippen LogP contribution < -0.4 is 0 Å². The lowest BCUT2D eigenvalue weighted by molar-refractivity contribution is 0.970. The van der Waals surface area contributed by atoms with E-state index in [4.69, 9.17) is 0 Å². The highest BCUT2D eigenvalue weighted by Gasteiger charge is 2.48. The van der Waals surface area contributed by atoms with Gasteiger partial charge in [0.05, 0.1) is 8.07 Å². The molecule has 0 aromatic heterocycles. The van der Waals surface area contributed by atoms with Gasteiger partial charge in [0, 0.05) is 11.1 Å². The van der Waals surface area contributed by atoms with Crippen LogP contribution in [0.3, 0.4) is 0 Å². The molecule has 4 aromatic carbocycles. The molecule has 2 atom stereocenters. The first kappa shape index (κ1) is 22.1. The second kappa shape index (κ2) is 8.36. The highest BCUT2D eigenvalue weighted by molar-refractivity contribution is 6.82. The van der Waals surface area contributed by atoms with Gasteiger partial charge in [-0.3, -0.25) is 0 Å². The molecule has 0 spiro atoms. The molecule has 0 aliphatic heterocycles. The standard InChI is InChI=1S/C34H32Si/c1-23-21-27-17-11-19-29(25-13-7-5-8-14-25)31(27)33(23)35(3,4)34-24(2)22-28-18-12-20-30(32(28)34)26-15-9-6-10-16-26/h5-22,33-34H,1-4H3. The molecule has 0 saturated carbocycles. The van der Waals surface area contributed by atoms with Gasteiger partial charge in [-0.15, -0.1) is 0 Å². The van der Waals surface area contributed by atoms with Gasteiger partial charge in [0.1, 0.15) is 0 Å². The van der Waals surface area contributed by atoms with Gasteiger partial charge in [-0.1, -0.05) is 133 Å². The van der Waals surface area contributed by atoms with Crippen LogP contribution in [0.2, 0.25) is 13.1 Å². The zero-order valence-electron chi connectivity index (χ0n) is 21.0. The van der Waals surface area contributed by atoms with E-state index in [9.17, 15) is 0 Å². The van der Waals surface area contributed by atoms with E-state index in [0.29, 0.717) is 11.1 Å². The van der Waals surface area contributed by atoms with Crippen molar-refractivity contribution < 1.29 is 0 Å². The van der Waals surface area contributed by atoms with Crippen LogP contribution >= 0.6 is 0 Å². The third-order valence-electron chi connectivity index (χ3n) is 8.19. The Balaban J connectivity index is 1.53. The lowest BCUT2D eigenvalue weighted by Gasteiger charge is -2.40. The van der Waals surface area contributed by atoms with Crippen LogP contribution in [0.25, 0.3) is 34.4 Å².